The van der Waals surface area contributed by atoms with Crippen LogP contribution >= 0.6 is 0 Å². The standard InChI is InChI=1S/C24H25N7/c1-3-20-22-15-29(23-14-26-18-9-5-6-10-19(18)28-23)12-13-30(22)24(27-16-25)31(20)21-11-7-4-8-17(21)2/h4-11,14,20,22H,3,12-13,15H2,1-2H3. The molecule has 3 aromatic rings. The molecule has 31 heavy (non-hydrogen) atoms. The lowest BCUT2D eigenvalue weighted by Gasteiger charge is -2.39. The van der Waals surface area contributed by atoms with Gasteiger partial charge in [0.1, 0.15) is 5.82 Å². The van der Waals surface area contributed by atoms with Crippen molar-refractivity contribution in [2.24, 2.45) is 4.99 Å². The van der Waals surface area contributed by atoms with Gasteiger partial charge in [-0.25, -0.2) is 4.98 Å². The summed E-state index contributed by atoms with van der Waals surface area (Å²) in [6.07, 6.45) is 4.87. The molecule has 2 atom stereocenters. The smallest absolute Gasteiger partial charge is 0.217 e. The summed E-state index contributed by atoms with van der Waals surface area (Å²) in [5.41, 5.74) is 4.12. The van der Waals surface area contributed by atoms with Crippen LogP contribution in [0.1, 0.15) is 18.9 Å². The van der Waals surface area contributed by atoms with Crippen molar-refractivity contribution in [3.63, 3.8) is 0 Å². The van der Waals surface area contributed by atoms with Gasteiger partial charge in [-0.3, -0.25) is 4.98 Å². The number of hydrogen-bond donors (Lipinski definition) is 0. The molecule has 1 aromatic heterocycles. The zero-order valence-electron chi connectivity index (χ0n) is 17.8. The van der Waals surface area contributed by atoms with Crippen molar-refractivity contribution in [1.29, 1.82) is 5.26 Å². The van der Waals surface area contributed by atoms with Crippen molar-refractivity contribution in [2.45, 2.75) is 32.4 Å². The fourth-order valence-corrected chi connectivity index (χ4v) is 4.89. The number of aliphatic imine (C=N–C) groups is 1. The number of aromatic nitrogens is 2. The SMILES string of the molecule is CCC1C2CN(c3cnc4ccccc4n3)CCN2C(=NC#N)N1c1ccccc1C. The molecular weight excluding hydrogens is 386 g/mol. The fraction of sp³-hybridized carbons (Fsp3) is 0.333. The first-order chi connectivity index (χ1) is 15.2. The Kier molecular flexibility index (Phi) is 4.91. The predicted octanol–water partition coefficient (Wildman–Crippen LogP) is 3.56. The molecule has 156 valence electrons. The van der Waals surface area contributed by atoms with Crippen LogP contribution in [0.25, 0.3) is 11.0 Å². The Bertz CT molecular complexity index is 1180. The highest BCUT2D eigenvalue weighted by molar-refractivity contribution is 6.00. The lowest BCUT2D eigenvalue weighted by atomic mass is 10.0. The molecule has 2 aromatic carbocycles. The molecule has 0 N–H and O–H groups in total. The lowest BCUT2D eigenvalue weighted by Crippen LogP contribution is -2.54. The van der Waals surface area contributed by atoms with Crippen molar-refractivity contribution < 1.29 is 0 Å². The van der Waals surface area contributed by atoms with Crippen LogP contribution in [0, 0.1) is 18.4 Å². The quantitative estimate of drug-likeness (QED) is 0.614. The van der Waals surface area contributed by atoms with Gasteiger partial charge in [0.15, 0.2) is 0 Å². The lowest BCUT2D eigenvalue weighted by molar-refractivity contribution is 0.279. The zero-order chi connectivity index (χ0) is 21.4. The van der Waals surface area contributed by atoms with Crippen LogP contribution in [0.4, 0.5) is 11.5 Å². The van der Waals surface area contributed by atoms with Gasteiger partial charge in [-0.1, -0.05) is 37.3 Å². The Labute approximate surface area is 182 Å². The molecule has 0 saturated carbocycles. The third-order valence-corrected chi connectivity index (χ3v) is 6.37. The summed E-state index contributed by atoms with van der Waals surface area (Å²) >= 11 is 0. The van der Waals surface area contributed by atoms with Crippen LogP contribution in [-0.4, -0.2) is 52.5 Å². The van der Waals surface area contributed by atoms with Gasteiger partial charge >= 0.3 is 0 Å². The summed E-state index contributed by atoms with van der Waals surface area (Å²) in [5, 5.41) is 9.42. The normalized spacial score (nSPS) is 22.1. The molecule has 3 heterocycles. The first kappa shape index (κ1) is 19.3. The number of aryl methyl sites for hydroxylation is 1. The van der Waals surface area contributed by atoms with Gasteiger partial charge in [-0.15, -0.1) is 4.99 Å². The fourth-order valence-electron chi connectivity index (χ4n) is 4.89. The van der Waals surface area contributed by atoms with E-state index >= 15 is 0 Å². The molecule has 2 fully saturated rings. The monoisotopic (exact) mass is 411 g/mol. The van der Waals surface area contributed by atoms with Gasteiger partial charge < -0.3 is 14.7 Å². The Morgan fingerprint density at radius 3 is 2.65 bits per heavy atom. The van der Waals surface area contributed by atoms with Crippen molar-refractivity contribution in [2.75, 3.05) is 29.4 Å². The topological polar surface area (TPSA) is 71.6 Å². The van der Waals surface area contributed by atoms with E-state index in [4.69, 9.17) is 4.98 Å². The molecular formula is C24H25N7. The van der Waals surface area contributed by atoms with Gasteiger partial charge in [-0.2, -0.15) is 5.26 Å². The van der Waals surface area contributed by atoms with Gasteiger partial charge in [-0.05, 0) is 37.1 Å². The van der Waals surface area contributed by atoms with Crippen molar-refractivity contribution >= 4 is 28.5 Å². The van der Waals surface area contributed by atoms with E-state index in [1.807, 2.05) is 48.8 Å². The van der Waals surface area contributed by atoms with Crippen molar-refractivity contribution in [1.82, 2.24) is 14.9 Å². The Hall–Kier alpha value is -3.66. The van der Waals surface area contributed by atoms with Crippen molar-refractivity contribution in [3.8, 4) is 6.19 Å². The van der Waals surface area contributed by atoms with Gasteiger partial charge in [0.2, 0.25) is 12.2 Å². The molecule has 0 aliphatic carbocycles. The minimum Gasteiger partial charge on any atom is -0.351 e. The van der Waals surface area contributed by atoms with Crippen LogP contribution in [-0.2, 0) is 0 Å². The highest BCUT2D eigenvalue weighted by atomic mass is 15.5. The number of nitriles is 1. The predicted molar refractivity (Wildman–Crippen MR) is 123 cm³/mol. The van der Waals surface area contributed by atoms with Gasteiger partial charge in [0, 0.05) is 25.3 Å². The van der Waals surface area contributed by atoms with E-state index in [0.29, 0.717) is 0 Å². The second-order valence-electron chi connectivity index (χ2n) is 8.07. The molecule has 7 heteroatoms. The summed E-state index contributed by atoms with van der Waals surface area (Å²) in [6.45, 7) is 6.74. The minimum atomic E-state index is 0.221. The highest BCUT2D eigenvalue weighted by Gasteiger charge is 2.47. The second kappa shape index (κ2) is 7.88. The van der Waals surface area contributed by atoms with Crippen molar-refractivity contribution in [3.05, 3.63) is 60.3 Å². The number of nitrogens with zero attached hydrogens (tertiary/aromatic N) is 7. The summed E-state index contributed by atoms with van der Waals surface area (Å²) in [4.78, 5) is 20.6. The van der Waals surface area contributed by atoms with Crippen LogP contribution < -0.4 is 9.80 Å². The van der Waals surface area contributed by atoms with Gasteiger partial charge in [0.05, 0.1) is 29.3 Å². The summed E-state index contributed by atoms with van der Waals surface area (Å²) in [6, 6.07) is 16.7. The summed E-state index contributed by atoms with van der Waals surface area (Å²) < 4.78 is 0. The molecule has 0 amide bonds. The van der Waals surface area contributed by atoms with E-state index in [1.54, 1.807) is 0 Å². The molecule has 2 unspecified atom stereocenters. The highest BCUT2D eigenvalue weighted by Crippen LogP contribution is 2.35. The molecule has 7 nitrogen and oxygen atoms in total. The Morgan fingerprint density at radius 2 is 1.87 bits per heavy atom. The van der Waals surface area contributed by atoms with Crippen LogP contribution in [0.3, 0.4) is 0 Å². The third-order valence-electron chi connectivity index (χ3n) is 6.37. The number of guanidine groups is 1. The maximum Gasteiger partial charge on any atom is 0.217 e. The van der Waals surface area contributed by atoms with E-state index < -0.39 is 0 Å². The molecule has 0 radical (unpaired) electrons. The number of fused-ring (bicyclic) bond motifs is 2. The zero-order valence-corrected chi connectivity index (χ0v) is 17.8. The Morgan fingerprint density at radius 1 is 1.10 bits per heavy atom. The van der Waals surface area contributed by atoms with E-state index in [-0.39, 0.29) is 12.1 Å². The second-order valence-corrected chi connectivity index (χ2v) is 8.07. The van der Waals surface area contributed by atoms with E-state index in [0.717, 1.165) is 54.6 Å². The number of piperazine rings is 1. The summed E-state index contributed by atoms with van der Waals surface area (Å²) in [7, 11) is 0. The molecule has 2 aliphatic heterocycles. The number of para-hydroxylation sites is 3. The molecule has 5 rings (SSSR count). The largest absolute Gasteiger partial charge is 0.351 e. The number of hydrogen-bond acceptors (Lipinski definition) is 5. The van der Waals surface area contributed by atoms with Crippen LogP contribution in [0.5, 0.6) is 0 Å². The van der Waals surface area contributed by atoms with Gasteiger partial charge in [0.25, 0.3) is 0 Å². The van der Waals surface area contributed by atoms with Crippen LogP contribution in [0.15, 0.2) is 59.7 Å². The maximum atomic E-state index is 9.42. The molecule has 0 spiro atoms. The third kappa shape index (κ3) is 3.25. The Balaban J connectivity index is 1.50. The molecule has 0 bridgehead atoms. The minimum absolute atomic E-state index is 0.221. The first-order valence-corrected chi connectivity index (χ1v) is 10.8. The average molecular weight is 412 g/mol. The molecule has 2 saturated heterocycles. The maximum absolute atomic E-state index is 9.42. The van der Waals surface area contributed by atoms with E-state index in [2.05, 4.69) is 50.7 Å². The van der Waals surface area contributed by atoms with Crippen LogP contribution in [0.2, 0.25) is 0 Å². The molecule has 2 aliphatic rings. The number of anilines is 2. The summed E-state index contributed by atoms with van der Waals surface area (Å²) in [5.74, 6) is 1.67. The van der Waals surface area contributed by atoms with E-state index in [9.17, 15) is 5.26 Å². The number of rotatable bonds is 3. The first-order valence-electron chi connectivity index (χ1n) is 10.8. The average Bonchev–Trinajstić information content (AvgIpc) is 3.11. The number of benzene rings is 2. The van der Waals surface area contributed by atoms with E-state index in [1.165, 1.54) is 5.56 Å².